The number of nitrogens with two attached hydrogens (primary N) is 3. The highest BCUT2D eigenvalue weighted by atomic mass is 32.7. The molecule has 0 radical (unpaired) electrons. The second-order valence-corrected chi connectivity index (χ2v) is 52.6. The Morgan fingerprint density at radius 1 is 0.364 bits per heavy atom. The van der Waals surface area contributed by atoms with Crippen LogP contribution >= 0.6 is 47.1 Å². The molecule has 7 fully saturated rings. The second kappa shape index (κ2) is 44.8. The Kier molecular flexibility index (Phi) is 34.7. The number of hydrogen-bond donors (Lipinski definition) is 7. The van der Waals surface area contributed by atoms with Gasteiger partial charge in [-0.2, -0.15) is 9.97 Å². The molecule has 28 atom stereocenters. The molecule has 0 aromatic carbocycles. The van der Waals surface area contributed by atoms with Crippen LogP contribution < -0.4 is 103 Å². The van der Waals surface area contributed by atoms with E-state index < -0.39 is 298 Å². The zero-order chi connectivity index (χ0) is 104. The number of nitrogens with one attached hydrogen (secondary N) is 4. The monoisotopic (exact) mass is 2270 g/mol. The third-order valence-corrected chi connectivity index (χ3v) is 34.7. The molecule has 7 unspecified atom stereocenters. The van der Waals surface area contributed by atoms with E-state index in [2.05, 4.69) is 44.9 Å². The minimum atomic E-state index is -5.08. The van der Waals surface area contributed by atoms with E-state index in [1.165, 1.54) is 64.1 Å². The summed E-state index contributed by atoms with van der Waals surface area (Å²) in [4.78, 5) is 245. The van der Waals surface area contributed by atoms with Crippen molar-refractivity contribution in [3.05, 3.63) is 188 Å². The van der Waals surface area contributed by atoms with Crippen molar-refractivity contribution in [2.75, 3.05) is 64.0 Å². The van der Waals surface area contributed by atoms with Crippen molar-refractivity contribution in [2.24, 2.45) is 0 Å². The van der Waals surface area contributed by atoms with Gasteiger partial charge in [0.2, 0.25) is 0 Å². The molecule has 8 aromatic rings. The average Bonchev–Trinajstić information content (AvgIpc) is 1.61. The van der Waals surface area contributed by atoms with Crippen molar-refractivity contribution in [3.63, 3.8) is 0 Å². The molecule has 7 aliphatic rings. The summed E-state index contributed by atoms with van der Waals surface area (Å²) in [6.45, 7) is -28.7. The van der Waals surface area contributed by atoms with Crippen molar-refractivity contribution in [3.8, 4) is 0 Å². The summed E-state index contributed by atoms with van der Waals surface area (Å²) in [6.07, 6.45) is -21.7. The zero-order valence-electron chi connectivity index (χ0n) is 75.7. The summed E-state index contributed by atoms with van der Waals surface area (Å²) < 4.78 is 147. The van der Waals surface area contributed by atoms with E-state index in [1.54, 1.807) is 13.8 Å². The van der Waals surface area contributed by atoms with Gasteiger partial charge < -0.3 is 155 Å². The standard InChI is InChI=1S/C72H98N19O38P7S7/c1-9-37-38(10-51(116-37)87-19-33(4)63(92)81-69(87)98)124-131(103,138)110-28-50-44(16-57(122-50)91-30-78-58-61(75)76-29-77-62(58)91)129-136(108,143)115-27-49-43(15-56(121-49)90-22-36(7)66(95)84-72(90)101)128-135(107,142)114-26-48-42(14-55(120-48)89-21-35(6)65(94)83-71(89)100)127-134(106,141)112-24-46-40(12-53(118-46)86-18-32(3)60(74)80-68(86)97)125-133(105,140)113-25-47-41(13-54(119-47)88-20-34(5)64(93)82-70(88)99)126-132(104,139)111-23-45-39(123-130(102,137)109-8)11-52(117-45)85-17-31(2)59(73)79-67(85)96/h17-22,29-30,37-57H,9-16,23-28H2,1-8H3,(H,102,137)(H,103,138)(H,104,139)(H,105,140)(H,106,141)(H,107,142)(H,108,143)(H2,73,79,96)(H2,74,80,97)(H2,75,76,77)(H,81,92,98)(H,82,93,99)(H,83,94,100)(H,84,95,101)/p-7/t37-,38-,39-,40-,41-,42-,43-,44-,45-,46-,47-,48-,49-,50-,51-,52-,53-,54-,55-,56-,57-,130?,131?,132?,133?,134?,135?,136?/m1/s1. The lowest BCUT2D eigenvalue weighted by molar-refractivity contribution is -0.221. The van der Waals surface area contributed by atoms with Crippen LogP contribution in [0.2, 0.25) is 0 Å². The van der Waals surface area contributed by atoms with Crippen LogP contribution in [-0.2, 0) is 184 Å². The Morgan fingerprint density at radius 2 is 0.615 bits per heavy atom. The van der Waals surface area contributed by atoms with Gasteiger partial charge in [-0.05, 0) is 48.0 Å². The first-order chi connectivity index (χ1) is 67.1. The summed E-state index contributed by atoms with van der Waals surface area (Å²) in [7, 11) is 1.02. The van der Waals surface area contributed by atoms with Crippen LogP contribution in [0, 0.1) is 41.5 Å². The van der Waals surface area contributed by atoms with Gasteiger partial charge in [-0.1, -0.05) is 77.8 Å². The lowest BCUT2D eigenvalue weighted by Crippen LogP contribution is -2.35. The van der Waals surface area contributed by atoms with Gasteiger partial charge in [0.05, 0.1) is 94.8 Å². The van der Waals surface area contributed by atoms with Crippen LogP contribution in [0.5, 0.6) is 0 Å². The fraction of sp³-hybridized carbons (Fsp3) is 0.597. The summed E-state index contributed by atoms with van der Waals surface area (Å²) >= 11 is 37.8. The van der Waals surface area contributed by atoms with Crippen LogP contribution in [0.15, 0.2) is 97.8 Å². The number of nitrogen functional groups attached to an aromatic ring is 3. The fourth-order valence-corrected chi connectivity index (χ4v) is 26.1. The number of anilines is 3. The van der Waals surface area contributed by atoms with Crippen LogP contribution in [0.25, 0.3) is 11.2 Å². The highest BCUT2D eigenvalue weighted by molar-refractivity contribution is 8.32. The first-order valence-electron chi connectivity index (χ1n) is 43.0. The van der Waals surface area contributed by atoms with Gasteiger partial charge in [-0.3, -0.25) is 75.6 Å². The lowest BCUT2D eigenvalue weighted by atomic mass is 10.1. The normalized spacial score (nSPS) is 29.7. The molecule has 8 aromatic heterocycles. The molecule has 143 heavy (non-hydrogen) atoms. The van der Waals surface area contributed by atoms with E-state index in [-0.39, 0.29) is 82.1 Å². The highest BCUT2D eigenvalue weighted by Gasteiger charge is 2.49. The minimum absolute atomic E-state index is 0.00595. The number of H-pyrrole nitrogens is 4. The van der Waals surface area contributed by atoms with Gasteiger partial charge >= 0.3 is 34.1 Å². The summed E-state index contributed by atoms with van der Waals surface area (Å²) in [5.74, 6) is -0.255. The molecule has 10 N–H and O–H groups in total. The number of aryl methyl sites for hydroxylation is 6. The molecule has 15 heterocycles. The number of ether oxygens (including phenoxy) is 7. The maximum absolute atomic E-state index is 14.9. The Hall–Kier alpha value is -6.17. The smallest absolute Gasteiger partial charge is 0.351 e. The number of aromatic nitrogens is 16. The first kappa shape index (κ1) is 111. The van der Waals surface area contributed by atoms with Gasteiger partial charge in [0.1, 0.15) is 144 Å². The maximum atomic E-state index is 14.9. The highest BCUT2D eigenvalue weighted by Crippen LogP contribution is 2.57. The largest absolute Gasteiger partial charge is 0.780 e. The van der Waals surface area contributed by atoms with E-state index >= 15 is 0 Å². The van der Waals surface area contributed by atoms with Crippen LogP contribution in [0.1, 0.15) is 135 Å². The molecule has 57 nitrogen and oxygen atoms in total. The molecule has 0 aliphatic carbocycles. The second-order valence-electron chi connectivity index (χ2n) is 33.6. The third kappa shape index (κ3) is 26.9. The molecule has 0 amide bonds. The van der Waals surface area contributed by atoms with E-state index in [4.69, 9.17) is 197 Å². The molecule has 0 saturated carbocycles. The van der Waals surface area contributed by atoms with E-state index in [0.29, 0.717) is 5.56 Å². The topological polar surface area (TPSA) is 760 Å². The molecule has 7 aliphatic heterocycles. The number of imidazole rings is 1. The minimum Gasteiger partial charge on any atom is -0.780 e. The maximum Gasteiger partial charge on any atom is 0.351 e. The van der Waals surface area contributed by atoms with Gasteiger partial charge in [0.25, 0.3) is 22.2 Å². The van der Waals surface area contributed by atoms with Crippen molar-refractivity contribution in [1.29, 1.82) is 0 Å². The molecule has 71 heteroatoms. The van der Waals surface area contributed by atoms with Crippen molar-refractivity contribution in [2.45, 2.75) is 229 Å². The molecule has 0 spiro atoms. The molecule has 786 valence electrons. The van der Waals surface area contributed by atoms with E-state index in [9.17, 15) is 81.9 Å². The summed E-state index contributed by atoms with van der Waals surface area (Å²) in [5, 5.41) is 0. The van der Waals surface area contributed by atoms with Crippen LogP contribution in [-0.4, -0.2) is 209 Å². The Labute approximate surface area is 841 Å². The van der Waals surface area contributed by atoms with Crippen molar-refractivity contribution in [1.82, 2.24) is 76.8 Å². The fourth-order valence-electron chi connectivity index (χ4n) is 16.4. The molecule has 15 rings (SSSR count). The van der Waals surface area contributed by atoms with Crippen molar-refractivity contribution < 1.29 is 130 Å². The summed E-state index contributed by atoms with van der Waals surface area (Å²) in [5.41, 5.74) is 10.5. The quantitative estimate of drug-likeness (QED) is 0.0150. The third-order valence-electron chi connectivity index (χ3n) is 23.6. The summed E-state index contributed by atoms with van der Waals surface area (Å²) in [6, 6.07) is 0. The van der Waals surface area contributed by atoms with Gasteiger partial charge in [0, 0.05) is 123 Å². The average molecular weight is 2270 g/mol. The molecular formula is C72H91N19O38P7S7-7. The molecule has 7 saturated heterocycles. The molecular weight excluding hydrogens is 2180 g/mol. The predicted molar refractivity (Wildman–Crippen MR) is 507 cm³/mol. The first-order valence-corrected chi connectivity index (χ1v) is 60.9. The molecule has 0 bridgehead atoms. The number of nitrogens with zero attached hydrogens (tertiary/aromatic N) is 12. The van der Waals surface area contributed by atoms with E-state index in [0.717, 1.165) is 59.4 Å². The Morgan fingerprint density at radius 3 is 0.909 bits per heavy atom. The lowest BCUT2D eigenvalue weighted by Gasteiger charge is -2.36. The number of fused-ring (bicyclic) bond motifs is 1. The Balaban J connectivity index is 0.633. The van der Waals surface area contributed by atoms with Crippen LogP contribution in [0.4, 0.5) is 17.5 Å². The van der Waals surface area contributed by atoms with Gasteiger partial charge in [0.15, 0.2) is 18.3 Å². The van der Waals surface area contributed by atoms with E-state index in [1.807, 2.05) is 0 Å². The predicted octanol–water partition coefficient (Wildman–Crippen LogP) is -2.83. The SMILES string of the molecule is CC[C@H]1O[C@@H](n2cc(C)c(=O)[nH]c2=O)C[C@H]1OP([O-])(=S)OC[C@H]1O[C@@H](n2cnc3c(N)ncnc32)C[C@H]1OP(=O)([S-])OC[C@H]1O[C@@H](n2cc(C)c(=O)[nH]c2=O)C[C@H]1OP([O-])(=S)OC[C@H]1O[C@@H](n2cc(C)c(=O)[nH]c2=O)C[C@H]1OP([O-])(=S)OC[C@H]1O[C@@H](n2cc(C)c(N)nc2=O)C[C@H]1OP([O-])(=S)OC[C@H]1O[C@@H](n2cc(C)c(=O)[nH]c2=O)C[C@H]1OP([O-])(=S)OC[C@H]1O[C@@H](n2cc(C)c(N)nc2=O)C[C@H]1OP([O-])(=S)OC. The van der Waals surface area contributed by atoms with Crippen molar-refractivity contribution >= 4 is 159 Å². The Bertz CT molecular complexity index is 7180. The van der Waals surface area contributed by atoms with Crippen LogP contribution in [0.3, 0.4) is 0 Å². The van der Waals surface area contributed by atoms with Gasteiger partial charge in [-0.25, -0.2) is 43.7 Å². The zero-order valence-corrected chi connectivity index (χ0v) is 87.7. The van der Waals surface area contributed by atoms with Gasteiger partial charge in [-0.15, -0.1) is 0 Å². The number of hydrogen-bond acceptors (Lipinski definition) is 53. The number of aromatic amines is 4. The number of rotatable bonds is 41.